The highest BCUT2D eigenvalue weighted by Crippen LogP contribution is 2.46. The molecule has 1 saturated heterocycles. The van der Waals surface area contributed by atoms with Gasteiger partial charge >= 0.3 is 0 Å². The Morgan fingerprint density at radius 3 is 2.60 bits per heavy atom. The van der Waals surface area contributed by atoms with E-state index in [2.05, 4.69) is 0 Å². The van der Waals surface area contributed by atoms with Gasteiger partial charge in [0.05, 0.1) is 12.2 Å². The first-order valence-electron chi connectivity index (χ1n) is 6.15. The van der Waals surface area contributed by atoms with E-state index in [1.165, 1.54) is 6.07 Å². The van der Waals surface area contributed by atoms with Crippen LogP contribution in [-0.4, -0.2) is 9.63 Å². The maximum atomic E-state index is 13.8. The Kier molecular flexibility index (Phi) is 3.29. The fourth-order valence-corrected chi connectivity index (χ4v) is 2.71. The van der Waals surface area contributed by atoms with Gasteiger partial charge in [-0.3, -0.25) is 4.84 Å². The second-order valence-electron chi connectivity index (χ2n) is 4.91. The normalized spacial score (nSPS) is 24.9. The molecule has 1 aliphatic rings. The van der Waals surface area contributed by atoms with Crippen LogP contribution in [0, 0.1) is 5.82 Å². The highest BCUT2D eigenvalue weighted by Gasteiger charge is 2.54. The van der Waals surface area contributed by atoms with Crippen LogP contribution >= 0.6 is 23.2 Å². The van der Waals surface area contributed by atoms with Crippen molar-refractivity contribution in [1.82, 2.24) is 9.63 Å². The van der Waals surface area contributed by atoms with Crippen LogP contribution in [0.2, 0.25) is 10.2 Å². The molecule has 1 aromatic carbocycles. The molecule has 1 fully saturated rings. The smallest absolute Gasteiger partial charge is 0.202 e. The zero-order valence-electron chi connectivity index (χ0n) is 11.0. The lowest BCUT2D eigenvalue weighted by Crippen LogP contribution is -2.16. The van der Waals surface area contributed by atoms with E-state index in [4.69, 9.17) is 28.0 Å². The maximum Gasteiger partial charge on any atom is 0.202 e. The molecule has 20 heavy (non-hydrogen) atoms. The van der Waals surface area contributed by atoms with Gasteiger partial charge in [0.25, 0.3) is 0 Å². The molecule has 3 rings (SSSR count). The van der Waals surface area contributed by atoms with Crippen LogP contribution in [0.25, 0.3) is 0 Å². The van der Waals surface area contributed by atoms with Crippen molar-refractivity contribution in [2.24, 2.45) is 7.05 Å². The average Bonchev–Trinajstić information content (AvgIpc) is 2.92. The molecule has 1 aromatic heterocycles. The van der Waals surface area contributed by atoms with Gasteiger partial charge in [-0.25, -0.2) is 4.39 Å². The van der Waals surface area contributed by atoms with Gasteiger partial charge in [0, 0.05) is 17.6 Å². The standard InChI is InChI=1S/C14H13Cl2FN2O/c1-14(12-6-7-13(16)18(12)2)19(20-14)8-9-10(15)4-3-5-11(9)17/h3-7H,8H2,1-2H3. The molecule has 0 radical (unpaired) electrons. The van der Waals surface area contributed by atoms with Crippen molar-refractivity contribution in [3.8, 4) is 0 Å². The van der Waals surface area contributed by atoms with E-state index in [1.54, 1.807) is 23.3 Å². The monoisotopic (exact) mass is 314 g/mol. The Hall–Kier alpha value is -1.07. The van der Waals surface area contributed by atoms with Gasteiger partial charge in [-0.15, -0.1) is 5.06 Å². The van der Waals surface area contributed by atoms with E-state index < -0.39 is 5.72 Å². The van der Waals surface area contributed by atoms with Crippen molar-refractivity contribution in [3.05, 3.63) is 57.6 Å². The third-order valence-electron chi connectivity index (χ3n) is 3.63. The lowest BCUT2D eigenvalue weighted by molar-refractivity contribution is 0.185. The van der Waals surface area contributed by atoms with Crippen LogP contribution in [-0.2, 0) is 24.2 Å². The van der Waals surface area contributed by atoms with Crippen LogP contribution in [0.4, 0.5) is 4.39 Å². The highest BCUT2D eigenvalue weighted by atomic mass is 35.5. The number of nitrogens with zero attached hydrogens (tertiary/aromatic N) is 2. The first-order valence-corrected chi connectivity index (χ1v) is 6.90. The highest BCUT2D eigenvalue weighted by molar-refractivity contribution is 6.31. The predicted octanol–water partition coefficient (Wildman–Crippen LogP) is 4.09. The minimum absolute atomic E-state index is 0.283. The molecule has 3 nitrogen and oxygen atoms in total. The molecular weight excluding hydrogens is 302 g/mol. The van der Waals surface area contributed by atoms with E-state index in [0.29, 0.717) is 15.7 Å². The summed E-state index contributed by atoms with van der Waals surface area (Å²) in [7, 11) is 1.86. The van der Waals surface area contributed by atoms with Crippen molar-refractivity contribution in [2.45, 2.75) is 19.2 Å². The molecular formula is C14H13Cl2FN2O. The van der Waals surface area contributed by atoms with E-state index >= 15 is 0 Å². The summed E-state index contributed by atoms with van der Waals surface area (Å²) >= 11 is 12.1. The predicted molar refractivity (Wildman–Crippen MR) is 75.8 cm³/mol. The Bertz CT molecular complexity index is 653. The van der Waals surface area contributed by atoms with Crippen molar-refractivity contribution in [2.75, 3.05) is 0 Å². The fourth-order valence-electron chi connectivity index (χ4n) is 2.33. The van der Waals surface area contributed by atoms with Crippen molar-refractivity contribution in [1.29, 1.82) is 0 Å². The van der Waals surface area contributed by atoms with Gasteiger partial charge in [-0.1, -0.05) is 29.3 Å². The topological polar surface area (TPSA) is 20.5 Å². The maximum absolute atomic E-state index is 13.8. The summed E-state index contributed by atoms with van der Waals surface area (Å²) in [4.78, 5) is 5.63. The summed E-state index contributed by atoms with van der Waals surface area (Å²) in [5.74, 6) is -0.333. The second kappa shape index (κ2) is 4.74. The number of rotatable bonds is 3. The molecule has 6 heteroatoms. The van der Waals surface area contributed by atoms with Crippen LogP contribution in [0.1, 0.15) is 18.2 Å². The molecule has 0 spiro atoms. The Labute approximate surface area is 126 Å². The second-order valence-corrected chi connectivity index (χ2v) is 5.71. The van der Waals surface area contributed by atoms with Crippen LogP contribution in [0.5, 0.6) is 0 Å². The number of benzene rings is 1. The summed E-state index contributed by atoms with van der Waals surface area (Å²) in [6.07, 6.45) is 0. The molecule has 0 N–H and O–H groups in total. The molecule has 2 unspecified atom stereocenters. The molecule has 0 amide bonds. The van der Waals surface area contributed by atoms with E-state index in [1.807, 2.05) is 24.6 Å². The first-order chi connectivity index (χ1) is 9.43. The molecule has 2 heterocycles. The molecule has 2 atom stereocenters. The summed E-state index contributed by atoms with van der Waals surface area (Å²) in [6.45, 7) is 2.19. The van der Waals surface area contributed by atoms with Crippen LogP contribution in [0.3, 0.4) is 0 Å². The number of halogens is 3. The lowest BCUT2D eigenvalue weighted by atomic mass is 10.1. The van der Waals surface area contributed by atoms with E-state index in [0.717, 1.165) is 5.69 Å². The van der Waals surface area contributed by atoms with Crippen molar-refractivity contribution >= 4 is 23.2 Å². The Morgan fingerprint density at radius 1 is 1.25 bits per heavy atom. The van der Waals surface area contributed by atoms with Gasteiger partial charge < -0.3 is 4.57 Å². The fraction of sp³-hybridized carbons (Fsp3) is 0.286. The number of hydrogen-bond acceptors (Lipinski definition) is 2. The van der Waals surface area contributed by atoms with Gasteiger partial charge in [0.15, 0.2) is 0 Å². The number of aromatic nitrogens is 1. The summed E-state index contributed by atoms with van der Waals surface area (Å²) in [5, 5.41) is 2.71. The number of hydroxylamine groups is 2. The van der Waals surface area contributed by atoms with Crippen LogP contribution in [0.15, 0.2) is 30.3 Å². The van der Waals surface area contributed by atoms with Crippen molar-refractivity contribution < 1.29 is 9.23 Å². The van der Waals surface area contributed by atoms with Crippen molar-refractivity contribution in [3.63, 3.8) is 0 Å². The zero-order valence-corrected chi connectivity index (χ0v) is 12.5. The molecule has 0 bridgehead atoms. The zero-order chi connectivity index (χ0) is 14.5. The quantitative estimate of drug-likeness (QED) is 0.795. The van der Waals surface area contributed by atoms with Gasteiger partial charge in [-0.05, 0) is 31.2 Å². The molecule has 106 valence electrons. The van der Waals surface area contributed by atoms with Gasteiger partial charge in [0.1, 0.15) is 11.0 Å². The Balaban J connectivity index is 1.84. The van der Waals surface area contributed by atoms with E-state index in [9.17, 15) is 4.39 Å². The minimum Gasteiger partial charge on any atom is -0.335 e. The largest absolute Gasteiger partial charge is 0.335 e. The first kappa shape index (κ1) is 13.9. The molecule has 0 aliphatic carbocycles. The number of hydrogen-bond donors (Lipinski definition) is 0. The van der Waals surface area contributed by atoms with Gasteiger partial charge in [-0.2, -0.15) is 0 Å². The average molecular weight is 315 g/mol. The minimum atomic E-state index is -0.604. The van der Waals surface area contributed by atoms with Gasteiger partial charge in [0.2, 0.25) is 5.72 Å². The van der Waals surface area contributed by atoms with Crippen LogP contribution < -0.4 is 0 Å². The Morgan fingerprint density at radius 2 is 2.00 bits per heavy atom. The van der Waals surface area contributed by atoms with E-state index in [-0.39, 0.29) is 12.4 Å². The molecule has 2 aromatic rings. The third-order valence-corrected chi connectivity index (χ3v) is 4.36. The SMILES string of the molecule is Cn1c(Cl)ccc1C1(C)ON1Cc1c(F)cccc1Cl. The third kappa shape index (κ3) is 2.13. The molecule has 1 aliphatic heterocycles. The summed E-state index contributed by atoms with van der Waals surface area (Å²) in [5.41, 5.74) is 0.737. The molecule has 0 saturated carbocycles. The summed E-state index contributed by atoms with van der Waals surface area (Å²) in [6, 6.07) is 8.34. The lowest BCUT2D eigenvalue weighted by Gasteiger charge is -2.10. The summed E-state index contributed by atoms with van der Waals surface area (Å²) < 4.78 is 15.6.